The molecule has 184 valence electrons. The highest BCUT2D eigenvalue weighted by atomic mass is 31.2. The molecule has 10 N–H and O–H groups in total. The number of aromatic nitrogens is 2. The molecule has 0 amide bonds. The van der Waals surface area contributed by atoms with Crippen molar-refractivity contribution in [2.24, 2.45) is 0 Å². The van der Waals surface area contributed by atoms with Crippen LogP contribution in [0.3, 0.4) is 0 Å². The maximum absolute atomic E-state index is 10.9. The highest BCUT2D eigenvalue weighted by molar-refractivity contribution is 7.72. The molecule has 0 aromatic carbocycles. The van der Waals surface area contributed by atoms with Gasteiger partial charge in [-0.3, -0.25) is 18.3 Å². The molecular formula is C10H25N3O14P4. The molecule has 0 aliphatic rings. The molecule has 0 saturated heterocycles. The fourth-order valence-electron chi connectivity index (χ4n) is 1.81. The summed E-state index contributed by atoms with van der Waals surface area (Å²) in [7, 11) is -18.3. The van der Waals surface area contributed by atoms with E-state index in [1.807, 2.05) is 0 Å². The number of hydrogen-bond acceptors (Lipinski definition) is 8. The van der Waals surface area contributed by atoms with E-state index in [1.54, 1.807) is 14.1 Å². The Kier molecular flexibility index (Phi) is 10.2. The van der Waals surface area contributed by atoms with E-state index in [1.165, 1.54) is 17.3 Å². The first-order chi connectivity index (χ1) is 13.5. The van der Waals surface area contributed by atoms with E-state index in [0.29, 0.717) is 0 Å². The highest BCUT2D eigenvalue weighted by Crippen LogP contribution is 2.69. The summed E-state index contributed by atoms with van der Waals surface area (Å²) < 4.78 is 44.5. The van der Waals surface area contributed by atoms with Gasteiger partial charge in [0, 0.05) is 25.4 Å². The Labute approximate surface area is 175 Å². The molecule has 0 unspecified atom stereocenters. The molecule has 17 nitrogen and oxygen atoms in total. The van der Waals surface area contributed by atoms with Crippen LogP contribution in [0.15, 0.2) is 18.7 Å². The van der Waals surface area contributed by atoms with Gasteiger partial charge in [-0.05, 0) is 14.1 Å². The van der Waals surface area contributed by atoms with Gasteiger partial charge < -0.3 is 58.8 Å². The zero-order valence-electron chi connectivity index (χ0n) is 16.1. The Hall–Kier alpha value is -0.310. The van der Waals surface area contributed by atoms with Crippen molar-refractivity contribution in [3.05, 3.63) is 18.7 Å². The minimum atomic E-state index is -5.41. The third-order valence-electron chi connectivity index (χ3n) is 3.71. The molecule has 0 aliphatic heterocycles. The zero-order valence-corrected chi connectivity index (χ0v) is 19.7. The predicted molar refractivity (Wildman–Crippen MR) is 103 cm³/mol. The maximum atomic E-state index is 10.9. The van der Waals surface area contributed by atoms with Crippen molar-refractivity contribution in [1.82, 2.24) is 14.5 Å². The predicted octanol–water partition coefficient (Wildman–Crippen LogP) is -2.18. The van der Waals surface area contributed by atoms with Gasteiger partial charge in [0.25, 0.3) is 10.2 Å². The molecule has 0 bridgehead atoms. The summed E-state index contributed by atoms with van der Waals surface area (Å²) in [5, 5.41) is 12.1. The Bertz CT molecular complexity index is 851. The van der Waals surface area contributed by atoms with Gasteiger partial charge in [-0.15, -0.1) is 0 Å². The van der Waals surface area contributed by atoms with Crippen LogP contribution in [0, 0.1) is 0 Å². The number of imidazole rings is 1. The quantitative estimate of drug-likeness (QED) is 0.150. The average molecular weight is 535 g/mol. The van der Waals surface area contributed by atoms with E-state index in [2.05, 4.69) is 4.98 Å². The van der Waals surface area contributed by atoms with Crippen LogP contribution >= 0.6 is 30.4 Å². The van der Waals surface area contributed by atoms with E-state index in [9.17, 15) is 28.5 Å². The van der Waals surface area contributed by atoms with Crippen molar-refractivity contribution in [1.29, 1.82) is 0 Å². The van der Waals surface area contributed by atoms with Crippen LogP contribution in [0.5, 0.6) is 0 Å². The second-order valence-corrected chi connectivity index (χ2v) is 14.5. The SMILES string of the molecule is CN(C)CCC(O)(P(=O)(O)O)P(=O)(O)O.O=P(O)(O)C(O)(Cn1ccnc1)P(=O)(O)O. The van der Waals surface area contributed by atoms with Crippen LogP contribution in [0.2, 0.25) is 0 Å². The molecule has 0 spiro atoms. The molecule has 0 fully saturated rings. The molecule has 1 heterocycles. The molecule has 0 saturated carbocycles. The van der Waals surface area contributed by atoms with Gasteiger partial charge in [-0.25, -0.2) is 4.98 Å². The van der Waals surface area contributed by atoms with Crippen LogP contribution in [0.25, 0.3) is 0 Å². The largest absolute Gasteiger partial charge is 0.371 e. The van der Waals surface area contributed by atoms with Crippen LogP contribution in [-0.2, 0) is 24.8 Å². The molecule has 1 rings (SSSR count). The monoisotopic (exact) mass is 535 g/mol. The Morgan fingerprint density at radius 3 is 1.45 bits per heavy atom. The van der Waals surface area contributed by atoms with Gasteiger partial charge in [0.05, 0.1) is 12.9 Å². The zero-order chi connectivity index (χ0) is 25.1. The van der Waals surface area contributed by atoms with E-state index < -0.39 is 53.5 Å². The fraction of sp³-hybridized carbons (Fsp3) is 0.700. The standard InChI is InChI=1S/C5H10N2O7P2.C5H15NO7P2/c8-5(15(9,10)11,16(12,13)14)3-7-2-1-6-4-7;1-6(2)4-3-5(7,14(8,9)10)15(11,12)13/h1-2,4,8H,3H2,(H2,9,10,11)(H2,12,13,14);7H,3-4H2,1-2H3,(H2,8,9,10)(H2,11,12,13). The Morgan fingerprint density at radius 2 is 1.19 bits per heavy atom. The normalized spacial score (nSPS) is 14.4. The van der Waals surface area contributed by atoms with Gasteiger partial charge in [0.1, 0.15) is 0 Å². The van der Waals surface area contributed by atoms with Crippen molar-refractivity contribution in [3.63, 3.8) is 0 Å². The summed E-state index contributed by atoms with van der Waals surface area (Å²) in [6.45, 7) is -1.02. The number of rotatable bonds is 9. The lowest BCUT2D eigenvalue weighted by Crippen LogP contribution is -2.33. The van der Waals surface area contributed by atoms with Crippen LogP contribution in [0.1, 0.15) is 6.42 Å². The second kappa shape index (κ2) is 10.3. The maximum Gasteiger partial charge on any atom is 0.371 e. The van der Waals surface area contributed by atoms with Crippen LogP contribution in [0.4, 0.5) is 0 Å². The lowest BCUT2D eigenvalue weighted by atomic mass is 10.4. The first-order valence-corrected chi connectivity index (χ1v) is 14.2. The van der Waals surface area contributed by atoms with Gasteiger partial charge in [0.2, 0.25) is 0 Å². The third-order valence-corrected chi connectivity index (χ3v) is 11.3. The summed E-state index contributed by atoms with van der Waals surface area (Å²) in [6, 6.07) is 0. The summed E-state index contributed by atoms with van der Waals surface area (Å²) in [5.41, 5.74) is 0. The third kappa shape index (κ3) is 7.90. The lowest BCUT2D eigenvalue weighted by Gasteiger charge is -2.30. The lowest BCUT2D eigenvalue weighted by molar-refractivity contribution is 0.115. The molecular weight excluding hydrogens is 510 g/mol. The van der Waals surface area contributed by atoms with Gasteiger partial charge in [-0.2, -0.15) is 0 Å². The van der Waals surface area contributed by atoms with Gasteiger partial charge in [-0.1, -0.05) is 0 Å². The first-order valence-electron chi connectivity index (χ1n) is 7.77. The first kappa shape index (κ1) is 30.7. The van der Waals surface area contributed by atoms with Crippen molar-refractivity contribution in [3.8, 4) is 0 Å². The van der Waals surface area contributed by atoms with Crippen LogP contribution < -0.4 is 0 Å². The summed E-state index contributed by atoms with van der Waals surface area (Å²) >= 11 is 0. The van der Waals surface area contributed by atoms with Crippen molar-refractivity contribution in [2.45, 2.75) is 23.1 Å². The smallest absolute Gasteiger partial charge is 0.367 e. The van der Waals surface area contributed by atoms with E-state index >= 15 is 0 Å². The minimum Gasteiger partial charge on any atom is -0.367 e. The molecule has 1 aromatic rings. The minimum absolute atomic E-state index is 0.0628. The summed E-state index contributed by atoms with van der Waals surface area (Å²) in [4.78, 5) is 75.1. The van der Waals surface area contributed by atoms with Crippen molar-refractivity contribution < 1.29 is 67.6 Å². The number of aliphatic hydroxyl groups is 2. The number of hydrogen-bond donors (Lipinski definition) is 10. The Morgan fingerprint density at radius 1 is 0.806 bits per heavy atom. The van der Waals surface area contributed by atoms with Crippen LogP contribution in [-0.4, -0.2) is 94.6 Å². The molecule has 1 aromatic heterocycles. The molecule has 21 heteroatoms. The fourth-order valence-corrected chi connectivity index (χ4v) is 6.01. The summed E-state index contributed by atoms with van der Waals surface area (Å²) in [5.74, 6) is 0. The second-order valence-electron chi connectivity index (χ2n) is 6.51. The Balaban J connectivity index is 0.000000582. The van der Waals surface area contributed by atoms with Gasteiger partial charge >= 0.3 is 30.4 Å². The molecule has 0 atom stereocenters. The number of nitrogens with zero attached hydrogens (tertiary/aromatic N) is 3. The van der Waals surface area contributed by atoms with E-state index in [4.69, 9.17) is 39.1 Å². The topological polar surface area (TPSA) is 292 Å². The molecule has 31 heavy (non-hydrogen) atoms. The average Bonchev–Trinajstić information content (AvgIpc) is 3.01. The van der Waals surface area contributed by atoms with E-state index in [-0.39, 0.29) is 6.54 Å². The van der Waals surface area contributed by atoms with E-state index in [0.717, 1.165) is 10.9 Å². The molecule has 0 aliphatic carbocycles. The summed E-state index contributed by atoms with van der Waals surface area (Å²) in [6.07, 6.45) is 2.79. The van der Waals surface area contributed by atoms with Gasteiger partial charge in [0.15, 0.2) is 0 Å². The van der Waals surface area contributed by atoms with Crippen molar-refractivity contribution in [2.75, 3.05) is 20.6 Å². The molecule has 0 radical (unpaired) electrons. The highest BCUT2D eigenvalue weighted by Gasteiger charge is 2.60. The van der Waals surface area contributed by atoms with Crippen molar-refractivity contribution >= 4 is 30.4 Å².